The molecule has 1 aromatic rings. The third-order valence-corrected chi connectivity index (χ3v) is 1.77. The molecule has 0 aliphatic carbocycles. The molecule has 0 unspecified atom stereocenters. The van der Waals surface area contributed by atoms with E-state index in [4.69, 9.17) is 0 Å². The Morgan fingerprint density at radius 3 is 2.65 bits per heavy atom. The van der Waals surface area contributed by atoms with Gasteiger partial charge in [0.05, 0.1) is 6.61 Å². The maximum Gasteiger partial charge on any atom is 0.342 e. The number of carbonyl (C=O) groups excluding carboxylic acids is 2. The number of rotatable bonds is 4. The van der Waals surface area contributed by atoms with Crippen LogP contribution >= 0.6 is 0 Å². The second-order valence-electron chi connectivity index (χ2n) is 2.97. The van der Waals surface area contributed by atoms with Gasteiger partial charge in [-0.05, 0) is 19.1 Å². The first-order chi connectivity index (χ1) is 8.08. The summed E-state index contributed by atoms with van der Waals surface area (Å²) in [7, 11) is 0. The van der Waals surface area contributed by atoms with Crippen molar-refractivity contribution in [2.24, 2.45) is 0 Å². The lowest BCUT2D eigenvalue weighted by molar-refractivity contribution is -0.135. The van der Waals surface area contributed by atoms with E-state index in [0.717, 1.165) is 18.2 Å². The normalized spacial score (nSPS) is 9.82. The minimum atomic E-state index is -1.36. The fourth-order valence-corrected chi connectivity index (χ4v) is 1.11. The lowest BCUT2D eigenvalue weighted by Crippen LogP contribution is -2.14. The van der Waals surface area contributed by atoms with Crippen molar-refractivity contribution < 1.29 is 27.8 Å². The molecular weight excluding hydrogens is 234 g/mol. The van der Waals surface area contributed by atoms with Crippen molar-refractivity contribution in [1.29, 1.82) is 0 Å². The molecule has 0 atom stereocenters. The van der Waals surface area contributed by atoms with Gasteiger partial charge in [-0.2, -0.15) is 0 Å². The number of alkyl halides is 1. The quantitative estimate of drug-likeness (QED) is 0.599. The molecule has 1 aromatic carbocycles. The van der Waals surface area contributed by atoms with Gasteiger partial charge in [-0.15, -0.1) is 0 Å². The number of hydrogen-bond donors (Lipinski definition) is 0. The Bertz CT molecular complexity index is 431. The van der Waals surface area contributed by atoms with E-state index in [0.29, 0.717) is 0 Å². The average Bonchev–Trinajstić information content (AvgIpc) is 2.29. The van der Waals surface area contributed by atoms with Crippen LogP contribution in [-0.2, 0) is 9.53 Å². The Balaban J connectivity index is 3.03. The van der Waals surface area contributed by atoms with Crippen molar-refractivity contribution in [1.82, 2.24) is 0 Å². The van der Waals surface area contributed by atoms with Gasteiger partial charge in [-0.3, -0.25) is 0 Å². The average molecular weight is 244 g/mol. The van der Waals surface area contributed by atoms with E-state index in [1.54, 1.807) is 6.92 Å². The van der Waals surface area contributed by atoms with Gasteiger partial charge in [0.2, 0.25) is 0 Å². The minimum Gasteiger partial charge on any atom is -0.462 e. The highest BCUT2D eigenvalue weighted by Gasteiger charge is 2.17. The van der Waals surface area contributed by atoms with Crippen molar-refractivity contribution >= 4 is 11.9 Å². The predicted molar refractivity (Wildman–Crippen MR) is 54.0 cm³/mol. The van der Waals surface area contributed by atoms with Crippen LogP contribution in [0.2, 0.25) is 0 Å². The summed E-state index contributed by atoms with van der Waals surface area (Å²) in [6, 6.07) is 2.94. The summed E-state index contributed by atoms with van der Waals surface area (Å²) in [5.41, 5.74) is -0.130. The lowest BCUT2D eigenvalue weighted by Gasteiger charge is -2.08. The van der Waals surface area contributed by atoms with Gasteiger partial charge in [0.1, 0.15) is 17.1 Å². The van der Waals surface area contributed by atoms with Gasteiger partial charge >= 0.3 is 11.9 Å². The van der Waals surface area contributed by atoms with Crippen molar-refractivity contribution in [2.75, 3.05) is 13.3 Å². The fraction of sp³-hybridized carbons (Fsp3) is 0.273. The molecule has 0 amide bonds. The van der Waals surface area contributed by atoms with E-state index in [1.807, 2.05) is 0 Å². The molecule has 0 fully saturated rings. The van der Waals surface area contributed by atoms with Crippen molar-refractivity contribution in [2.45, 2.75) is 6.92 Å². The first-order valence-corrected chi connectivity index (χ1v) is 4.81. The van der Waals surface area contributed by atoms with Crippen LogP contribution in [0.25, 0.3) is 0 Å². The third-order valence-electron chi connectivity index (χ3n) is 1.77. The molecule has 0 radical (unpaired) electrons. The standard InChI is InChI=1S/C11H10F2O4/c1-2-16-11(15)8-4-3-7(13)5-9(8)17-10(14)6-12/h3-5H,2,6H2,1H3. The number of carbonyl (C=O) groups is 2. The molecule has 6 heteroatoms. The second kappa shape index (κ2) is 5.93. The first kappa shape index (κ1) is 13.1. The summed E-state index contributed by atoms with van der Waals surface area (Å²) in [6.45, 7) is 0.347. The van der Waals surface area contributed by atoms with E-state index < -0.39 is 24.4 Å². The van der Waals surface area contributed by atoms with Gasteiger partial charge < -0.3 is 9.47 Å². The minimum absolute atomic E-state index is 0.118. The van der Waals surface area contributed by atoms with Crippen molar-refractivity contribution in [3.63, 3.8) is 0 Å². The van der Waals surface area contributed by atoms with E-state index in [1.165, 1.54) is 0 Å². The number of halogens is 2. The molecule has 0 saturated heterocycles. The molecule has 0 N–H and O–H groups in total. The van der Waals surface area contributed by atoms with Crippen LogP contribution in [0.5, 0.6) is 5.75 Å². The molecule has 0 aliphatic rings. The van der Waals surface area contributed by atoms with E-state index in [9.17, 15) is 18.4 Å². The summed E-state index contributed by atoms with van der Waals surface area (Å²) in [5.74, 6) is -3.04. The second-order valence-corrected chi connectivity index (χ2v) is 2.97. The Labute approximate surface area is 96.1 Å². The molecule has 4 nitrogen and oxygen atoms in total. The number of benzene rings is 1. The summed E-state index contributed by atoms with van der Waals surface area (Å²) < 4.78 is 34.0. The summed E-state index contributed by atoms with van der Waals surface area (Å²) in [6.07, 6.45) is 0. The van der Waals surface area contributed by atoms with Crippen LogP contribution in [-0.4, -0.2) is 25.2 Å². The van der Waals surface area contributed by atoms with Crippen LogP contribution in [0.1, 0.15) is 17.3 Å². The largest absolute Gasteiger partial charge is 0.462 e. The Kier molecular flexibility index (Phi) is 4.56. The number of hydrogen-bond acceptors (Lipinski definition) is 4. The smallest absolute Gasteiger partial charge is 0.342 e. The molecule has 0 bridgehead atoms. The summed E-state index contributed by atoms with van der Waals surface area (Å²) >= 11 is 0. The lowest BCUT2D eigenvalue weighted by atomic mass is 10.2. The van der Waals surface area contributed by atoms with E-state index in [2.05, 4.69) is 9.47 Å². The Morgan fingerprint density at radius 1 is 1.35 bits per heavy atom. The van der Waals surface area contributed by atoms with Gasteiger partial charge in [-0.25, -0.2) is 18.4 Å². The predicted octanol–water partition coefficient (Wildman–Crippen LogP) is 1.88. The van der Waals surface area contributed by atoms with Gasteiger partial charge in [0.25, 0.3) is 0 Å². The third kappa shape index (κ3) is 3.51. The first-order valence-electron chi connectivity index (χ1n) is 4.81. The van der Waals surface area contributed by atoms with Crippen LogP contribution in [0.3, 0.4) is 0 Å². The molecule has 0 aliphatic heterocycles. The van der Waals surface area contributed by atoms with Crippen molar-refractivity contribution in [3.8, 4) is 5.75 Å². The zero-order chi connectivity index (χ0) is 12.8. The maximum absolute atomic E-state index is 12.9. The molecule has 17 heavy (non-hydrogen) atoms. The molecule has 0 aromatic heterocycles. The zero-order valence-corrected chi connectivity index (χ0v) is 9.04. The molecular formula is C11H10F2O4. The zero-order valence-electron chi connectivity index (χ0n) is 9.04. The molecule has 0 spiro atoms. The van der Waals surface area contributed by atoms with Crippen LogP contribution in [0.15, 0.2) is 18.2 Å². The number of ether oxygens (including phenoxy) is 2. The summed E-state index contributed by atoms with van der Waals surface area (Å²) in [4.78, 5) is 22.2. The monoisotopic (exact) mass is 244 g/mol. The molecule has 0 saturated carbocycles. The Morgan fingerprint density at radius 2 is 2.06 bits per heavy atom. The maximum atomic E-state index is 12.9. The van der Waals surface area contributed by atoms with E-state index in [-0.39, 0.29) is 17.9 Å². The van der Waals surface area contributed by atoms with Gasteiger partial charge in [-0.1, -0.05) is 0 Å². The van der Waals surface area contributed by atoms with Crippen LogP contribution < -0.4 is 4.74 Å². The fourth-order valence-electron chi connectivity index (χ4n) is 1.11. The highest BCUT2D eigenvalue weighted by molar-refractivity contribution is 5.93. The van der Waals surface area contributed by atoms with Crippen LogP contribution in [0.4, 0.5) is 8.78 Å². The Hall–Kier alpha value is -1.98. The topological polar surface area (TPSA) is 52.6 Å². The van der Waals surface area contributed by atoms with Crippen LogP contribution in [0, 0.1) is 5.82 Å². The molecule has 92 valence electrons. The van der Waals surface area contributed by atoms with Gasteiger partial charge in [0.15, 0.2) is 6.67 Å². The van der Waals surface area contributed by atoms with Gasteiger partial charge in [0, 0.05) is 6.07 Å². The number of esters is 2. The highest BCUT2D eigenvalue weighted by atomic mass is 19.1. The summed E-state index contributed by atoms with van der Waals surface area (Å²) in [5, 5.41) is 0. The SMILES string of the molecule is CCOC(=O)c1ccc(F)cc1OC(=O)CF. The highest BCUT2D eigenvalue weighted by Crippen LogP contribution is 2.21. The molecule has 1 rings (SSSR count). The molecule has 0 heterocycles. The van der Waals surface area contributed by atoms with E-state index >= 15 is 0 Å². The van der Waals surface area contributed by atoms with Crippen molar-refractivity contribution in [3.05, 3.63) is 29.6 Å².